The number of benzene rings is 1. The van der Waals surface area contributed by atoms with E-state index in [1.54, 1.807) is 22.9 Å². The van der Waals surface area contributed by atoms with Crippen molar-refractivity contribution in [2.24, 2.45) is 0 Å². The SMILES string of the molecule is CCNC(=S)N(Cc1cnc(S(=O)(=O)Cc2ccccc2F)n1CC1CCCO1)C1CC1. The van der Waals surface area contributed by atoms with Gasteiger partial charge in [0.05, 0.1) is 36.8 Å². The molecule has 1 unspecified atom stereocenters. The first-order chi connectivity index (χ1) is 15.4. The molecule has 0 spiro atoms. The van der Waals surface area contributed by atoms with Gasteiger partial charge >= 0.3 is 0 Å². The number of sulfone groups is 1. The number of thiocarbonyl (C=S) groups is 1. The molecule has 32 heavy (non-hydrogen) atoms. The molecule has 2 fully saturated rings. The van der Waals surface area contributed by atoms with E-state index in [2.05, 4.69) is 15.2 Å². The molecule has 1 N–H and O–H groups in total. The number of imidazole rings is 1. The molecule has 2 heterocycles. The maximum atomic E-state index is 14.2. The molecule has 1 atom stereocenters. The van der Waals surface area contributed by atoms with E-state index in [-0.39, 0.29) is 16.8 Å². The van der Waals surface area contributed by atoms with Crippen molar-refractivity contribution >= 4 is 27.2 Å². The first-order valence-electron chi connectivity index (χ1n) is 11.1. The molecular weight excluding hydrogens is 451 g/mol. The fourth-order valence-corrected chi connectivity index (χ4v) is 5.89. The maximum absolute atomic E-state index is 14.2. The molecule has 10 heteroatoms. The van der Waals surface area contributed by atoms with Gasteiger partial charge in [0.2, 0.25) is 15.0 Å². The highest BCUT2D eigenvalue weighted by Crippen LogP contribution is 2.30. The quantitative estimate of drug-likeness (QED) is 0.553. The molecule has 7 nitrogen and oxygen atoms in total. The van der Waals surface area contributed by atoms with Crippen LogP contribution in [0.2, 0.25) is 0 Å². The zero-order chi connectivity index (χ0) is 22.7. The lowest BCUT2D eigenvalue weighted by molar-refractivity contribution is 0.0936. The second kappa shape index (κ2) is 9.84. The lowest BCUT2D eigenvalue weighted by atomic mass is 10.2. The van der Waals surface area contributed by atoms with Crippen molar-refractivity contribution in [3.8, 4) is 0 Å². The second-order valence-electron chi connectivity index (χ2n) is 8.32. The Morgan fingerprint density at radius 2 is 2.12 bits per heavy atom. The lowest BCUT2D eigenvalue weighted by Gasteiger charge is -2.26. The van der Waals surface area contributed by atoms with Crippen molar-refractivity contribution in [1.82, 2.24) is 19.8 Å². The zero-order valence-electron chi connectivity index (χ0n) is 18.2. The standard InChI is InChI=1S/C22H29FN4O3S2/c1-2-24-21(31)26(17-9-10-17)13-18-12-25-22(27(18)14-19-7-5-11-30-19)32(28,29)15-16-6-3-4-8-20(16)23/h3-4,6,8,12,17,19H,2,5,7,9-11,13-15H2,1H3,(H,24,31). The van der Waals surface area contributed by atoms with E-state index in [1.165, 1.54) is 12.1 Å². The third-order valence-corrected chi connectivity index (χ3v) is 7.75. The average Bonchev–Trinajstić information content (AvgIpc) is 3.30. The van der Waals surface area contributed by atoms with E-state index in [0.717, 1.165) is 37.9 Å². The van der Waals surface area contributed by atoms with Crippen molar-refractivity contribution in [2.75, 3.05) is 13.2 Å². The number of rotatable bonds is 9. The van der Waals surface area contributed by atoms with Gasteiger partial charge in [-0.1, -0.05) is 18.2 Å². The number of halogens is 1. The van der Waals surface area contributed by atoms with E-state index < -0.39 is 21.4 Å². The van der Waals surface area contributed by atoms with E-state index in [4.69, 9.17) is 17.0 Å². The average molecular weight is 481 g/mol. The summed E-state index contributed by atoms with van der Waals surface area (Å²) in [5, 5.41) is 3.82. The van der Waals surface area contributed by atoms with Crippen LogP contribution in [0.3, 0.4) is 0 Å². The molecular formula is C22H29FN4O3S2. The Morgan fingerprint density at radius 3 is 2.78 bits per heavy atom. The third kappa shape index (κ3) is 5.29. The van der Waals surface area contributed by atoms with Gasteiger partial charge in [-0.3, -0.25) is 0 Å². The topological polar surface area (TPSA) is 76.5 Å². The first-order valence-corrected chi connectivity index (χ1v) is 13.1. The highest BCUT2D eigenvalue weighted by atomic mass is 32.2. The van der Waals surface area contributed by atoms with Crippen LogP contribution in [0.15, 0.2) is 35.6 Å². The van der Waals surface area contributed by atoms with Gasteiger partial charge in [0.15, 0.2) is 5.11 Å². The van der Waals surface area contributed by atoms with Crippen LogP contribution < -0.4 is 5.32 Å². The smallest absolute Gasteiger partial charge is 0.228 e. The number of hydrogen-bond donors (Lipinski definition) is 1. The summed E-state index contributed by atoms with van der Waals surface area (Å²) in [5.74, 6) is -0.978. The van der Waals surface area contributed by atoms with E-state index in [9.17, 15) is 12.8 Å². The first kappa shape index (κ1) is 23.1. The molecule has 0 bridgehead atoms. The van der Waals surface area contributed by atoms with Crippen molar-refractivity contribution < 1.29 is 17.5 Å². The van der Waals surface area contributed by atoms with Crippen molar-refractivity contribution in [3.63, 3.8) is 0 Å². The Labute approximate surface area is 193 Å². The van der Waals surface area contributed by atoms with Gasteiger partial charge in [-0.05, 0) is 50.9 Å². The fraction of sp³-hybridized carbons (Fsp3) is 0.545. The minimum atomic E-state index is -3.87. The Bertz CT molecular complexity index is 1060. The van der Waals surface area contributed by atoms with E-state index in [0.29, 0.717) is 30.9 Å². The summed E-state index contributed by atoms with van der Waals surface area (Å²) in [4.78, 5) is 6.41. The van der Waals surface area contributed by atoms with Gasteiger partial charge in [0, 0.05) is 24.8 Å². The summed E-state index contributed by atoms with van der Waals surface area (Å²) in [7, 11) is -3.87. The van der Waals surface area contributed by atoms with Crippen molar-refractivity contribution in [2.45, 2.75) is 68.8 Å². The Balaban J connectivity index is 1.65. The number of nitrogens with one attached hydrogen (secondary N) is 1. The Kier molecular flexibility index (Phi) is 7.11. The van der Waals surface area contributed by atoms with Gasteiger partial charge in [-0.2, -0.15) is 0 Å². The van der Waals surface area contributed by atoms with E-state index >= 15 is 0 Å². The Hall–Kier alpha value is -2.04. The molecule has 2 aliphatic rings. The molecule has 1 aliphatic heterocycles. The highest BCUT2D eigenvalue weighted by Gasteiger charge is 2.33. The number of ether oxygens (including phenoxy) is 1. The minimum absolute atomic E-state index is 0.0450. The Morgan fingerprint density at radius 1 is 1.34 bits per heavy atom. The predicted octanol–water partition coefficient (Wildman–Crippen LogP) is 3.03. The number of aromatic nitrogens is 2. The van der Waals surface area contributed by atoms with Gasteiger partial charge in [0.1, 0.15) is 5.82 Å². The van der Waals surface area contributed by atoms with Gasteiger partial charge in [-0.25, -0.2) is 17.8 Å². The van der Waals surface area contributed by atoms with Crippen molar-refractivity contribution in [1.29, 1.82) is 0 Å². The molecule has 1 aromatic heterocycles. The molecule has 4 rings (SSSR count). The molecule has 0 amide bonds. The van der Waals surface area contributed by atoms with Gasteiger partial charge < -0.3 is 19.5 Å². The lowest BCUT2D eigenvalue weighted by Crippen LogP contribution is -2.41. The van der Waals surface area contributed by atoms with E-state index in [1.807, 2.05) is 6.92 Å². The van der Waals surface area contributed by atoms with Gasteiger partial charge in [0.25, 0.3) is 0 Å². The van der Waals surface area contributed by atoms with Crippen LogP contribution in [-0.2, 0) is 33.4 Å². The predicted molar refractivity (Wildman–Crippen MR) is 123 cm³/mol. The monoisotopic (exact) mass is 480 g/mol. The second-order valence-corrected chi connectivity index (χ2v) is 10.6. The molecule has 1 saturated carbocycles. The fourth-order valence-electron chi connectivity index (χ4n) is 4.02. The summed E-state index contributed by atoms with van der Waals surface area (Å²) < 4.78 is 48.2. The van der Waals surface area contributed by atoms with Gasteiger partial charge in [-0.15, -0.1) is 0 Å². The summed E-state index contributed by atoms with van der Waals surface area (Å²) in [6.07, 6.45) is 5.47. The number of hydrogen-bond acceptors (Lipinski definition) is 5. The maximum Gasteiger partial charge on any atom is 0.228 e. The molecule has 2 aromatic rings. The zero-order valence-corrected chi connectivity index (χ0v) is 19.8. The summed E-state index contributed by atoms with van der Waals surface area (Å²) in [6, 6.07) is 6.29. The molecule has 0 radical (unpaired) electrons. The van der Waals surface area contributed by atoms with Crippen LogP contribution in [0.25, 0.3) is 0 Å². The molecule has 1 saturated heterocycles. The van der Waals surface area contributed by atoms with Crippen LogP contribution in [0.4, 0.5) is 4.39 Å². The molecule has 1 aromatic carbocycles. The number of nitrogens with zero attached hydrogens (tertiary/aromatic N) is 3. The van der Waals surface area contributed by atoms with Crippen LogP contribution in [-0.4, -0.2) is 53.3 Å². The largest absolute Gasteiger partial charge is 0.376 e. The van der Waals surface area contributed by atoms with Crippen LogP contribution >= 0.6 is 12.2 Å². The minimum Gasteiger partial charge on any atom is -0.376 e. The van der Waals surface area contributed by atoms with Crippen molar-refractivity contribution in [3.05, 3.63) is 47.5 Å². The normalized spacial score (nSPS) is 18.6. The van der Waals surface area contributed by atoms with Crippen LogP contribution in [0, 0.1) is 5.82 Å². The molecule has 1 aliphatic carbocycles. The highest BCUT2D eigenvalue weighted by molar-refractivity contribution is 7.90. The summed E-state index contributed by atoms with van der Waals surface area (Å²) in [5.41, 5.74) is 0.897. The van der Waals surface area contributed by atoms with Crippen LogP contribution in [0.5, 0.6) is 0 Å². The van der Waals surface area contributed by atoms with Crippen LogP contribution in [0.1, 0.15) is 43.9 Å². The molecule has 174 valence electrons. The summed E-state index contributed by atoms with van der Waals surface area (Å²) in [6.45, 7) is 4.25. The third-order valence-electron chi connectivity index (χ3n) is 5.80. The summed E-state index contributed by atoms with van der Waals surface area (Å²) >= 11 is 5.56.